The van der Waals surface area contributed by atoms with Gasteiger partial charge in [0.1, 0.15) is 0 Å². The molecule has 6 nitrogen and oxygen atoms in total. The van der Waals surface area contributed by atoms with Gasteiger partial charge in [0.25, 0.3) is 0 Å². The van der Waals surface area contributed by atoms with Crippen molar-refractivity contribution in [1.82, 2.24) is 0 Å². The number of hydrogen-bond acceptors (Lipinski definition) is 6. The van der Waals surface area contributed by atoms with Gasteiger partial charge in [0, 0.05) is 11.4 Å². The standard InChI is InChI=1S/2C6H9N3/c2*7-4-1-2-5(8)6(9)3-4/h2*1-3H,7-9H2. The Hall–Kier alpha value is -2.76. The Labute approximate surface area is 106 Å². The first kappa shape index (κ1) is 13.3. The van der Waals surface area contributed by atoms with Crippen LogP contribution in [0.5, 0.6) is 0 Å². The minimum absolute atomic E-state index is 0.537. The molecule has 2 aromatic carbocycles. The quantitative estimate of drug-likeness (QED) is 0.378. The normalized spacial score (nSPS) is 9.33. The van der Waals surface area contributed by atoms with Crippen LogP contribution in [0.4, 0.5) is 34.1 Å². The minimum Gasteiger partial charge on any atom is -0.399 e. The maximum atomic E-state index is 5.42. The average molecular weight is 246 g/mol. The van der Waals surface area contributed by atoms with Gasteiger partial charge in [-0.3, -0.25) is 0 Å². The van der Waals surface area contributed by atoms with Gasteiger partial charge in [-0.15, -0.1) is 0 Å². The van der Waals surface area contributed by atoms with Gasteiger partial charge in [0.2, 0.25) is 0 Å². The first-order chi connectivity index (χ1) is 8.40. The molecule has 18 heavy (non-hydrogen) atoms. The fraction of sp³-hybridized carbons (Fsp3) is 0. The first-order valence-electron chi connectivity index (χ1n) is 5.21. The summed E-state index contributed by atoms with van der Waals surface area (Å²) in [6.07, 6.45) is 0. The Bertz CT molecular complexity index is 489. The van der Waals surface area contributed by atoms with Gasteiger partial charge in [-0.1, -0.05) is 0 Å². The van der Waals surface area contributed by atoms with E-state index in [2.05, 4.69) is 0 Å². The second-order valence-corrected chi connectivity index (χ2v) is 3.78. The second kappa shape index (κ2) is 5.53. The molecule has 2 rings (SSSR count). The van der Waals surface area contributed by atoms with Crippen molar-refractivity contribution in [2.75, 3.05) is 34.4 Å². The van der Waals surface area contributed by atoms with E-state index in [4.69, 9.17) is 34.4 Å². The van der Waals surface area contributed by atoms with Crippen molar-refractivity contribution in [3.8, 4) is 0 Å². The maximum Gasteiger partial charge on any atom is 0.0568 e. The lowest BCUT2D eigenvalue weighted by Crippen LogP contribution is -1.95. The number of benzene rings is 2. The fourth-order valence-corrected chi connectivity index (χ4v) is 1.19. The number of rotatable bonds is 0. The molecule has 0 aromatic heterocycles. The van der Waals surface area contributed by atoms with Crippen molar-refractivity contribution < 1.29 is 0 Å². The van der Waals surface area contributed by atoms with Crippen LogP contribution in [-0.4, -0.2) is 0 Å². The maximum absolute atomic E-state index is 5.42. The predicted molar refractivity (Wildman–Crippen MR) is 79.4 cm³/mol. The molecule has 12 N–H and O–H groups in total. The van der Waals surface area contributed by atoms with E-state index in [-0.39, 0.29) is 0 Å². The van der Waals surface area contributed by atoms with Crippen molar-refractivity contribution >= 4 is 34.1 Å². The van der Waals surface area contributed by atoms with E-state index in [1.165, 1.54) is 0 Å². The molecule has 0 aliphatic carbocycles. The van der Waals surface area contributed by atoms with Gasteiger partial charge in [-0.25, -0.2) is 0 Å². The summed E-state index contributed by atoms with van der Waals surface area (Å²) in [4.78, 5) is 0. The van der Waals surface area contributed by atoms with Gasteiger partial charge < -0.3 is 34.4 Å². The fourth-order valence-electron chi connectivity index (χ4n) is 1.19. The van der Waals surface area contributed by atoms with Crippen molar-refractivity contribution in [2.45, 2.75) is 0 Å². The molecular formula is C12H18N6. The summed E-state index contributed by atoms with van der Waals surface area (Å²) < 4.78 is 0. The molecule has 0 saturated heterocycles. The number of anilines is 6. The van der Waals surface area contributed by atoms with Gasteiger partial charge in [0.15, 0.2) is 0 Å². The largest absolute Gasteiger partial charge is 0.399 e. The van der Waals surface area contributed by atoms with Crippen LogP contribution in [0.1, 0.15) is 0 Å². The molecule has 2 aromatic rings. The van der Waals surface area contributed by atoms with Crippen molar-refractivity contribution in [2.24, 2.45) is 0 Å². The molecule has 0 saturated carbocycles. The number of nitrogen functional groups attached to an aromatic ring is 6. The van der Waals surface area contributed by atoms with Gasteiger partial charge >= 0.3 is 0 Å². The molecule has 0 amide bonds. The lowest BCUT2D eigenvalue weighted by atomic mass is 10.2. The molecular weight excluding hydrogens is 228 g/mol. The van der Waals surface area contributed by atoms with E-state index in [0.29, 0.717) is 34.1 Å². The monoisotopic (exact) mass is 246 g/mol. The molecule has 0 spiro atoms. The van der Waals surface area contributed by atoms with Crippen LogP contribution in [0.15, 0.2) is 36.4 Å². The summed E-state index contributed by atoms with van der Waals surface area (Å²) in [6.45, 7) is 0. The SMILES string of the molecule is Nc1ccc(N)c(N)c1.Nc1ccc(N)c(N)c1. The van der Waals surface area contributed by atoms with E-state index in [0.717, 1.165) is 0 Å². The predicted octanol–water partition coefficient (Wildman–Crippen LogP) is 0.866. The summed E-state index contributed by atoms with van der Waals surface area (Å²) in [5, 5.41) is 0. The Morgan fingerprint density at radius 2 is 0.778 bits per heavy atom. The molecule has 0 radical (unpaired) electrons. The molecule has 6 heteroatoms. The molecule has 96 valence electrons. The average Bonchev–Trinajstić information content (AvgIpc) is 2.30. The number of nitrogens with two attached hydrogens (primary N) is 6. The molecule has 0 bridgehead atoms. The van der Waals surface area contributed by atoms with Gasteiger partial charge in [-0.2, -0.15) is 0 Å². The van der Waals surface area contributed by atoms with Crippen LogP contribution < -0.4 is 34.4 Å². The van der Waals surface area contributed by atoms with Crippen LogP contribution in [0.25, 0.3) is 0 Å². The minimum atomic E-state index is 0.537. The Morgan fingerprint density at radius 1 is 0.444 bits per heavy atom. The van der Waals surface area contributed by atoms with E-state index in [1.807, 2.05) is 0 Å². The van der Waals surface area contributed by atoms with Crippen LogP contribution in [0.2, 0.25) is 0 Å². The van der Waals surface area contributed by atoms with Crippen LogP contribution in [0.3, 0.4) is 0 Å². The zero-order chi connectivity index (χ0) is 13.7. The zero-order valence-corrected chi connectivity index (χ0v) is 9.93. The van der Waals surface area contributed by atoms with Crippen LogP contribution >= 0.6 is 0 Å². The van der Waals surface area contributed by atoms with Crippen LogP contribution in [-0.2, 0) is 0 Å². The second-order valence-electron chi connectivity index (χ2n) is 3.78. The summed E-state index contributed by atoms with van der Waals surface area (Å²) in [5.41, 5.74) is 35.9. The van der Waals surface area contributed by atoms with Crippen LogP contribution in [0, 0.1) is 0 Å². The highest BCUT2D eigenvalue weighted by Crippen LogP contribution is 2.17. The lowest BCUT2D eigenvalue weighted by Gasteiger charge is -1.98. The Kier molecular flexibility index (Phi) is 4.09. The molecule has 0 fully saturated rings. The third-order valence-electron chi connectivity index (χ3n) is 2.22. The van der Waals surface area contributed by atoms with E-state index in [1.54, 1.807) is 36.4 Å². The highest BCUT2D eigenvalue weighted by molar-refractivity contribution is 5.68. The highest BCUT2D eigenvalue weighted by atomic mass is 14.7. The summed E-state index contributed by atoms with van der Waals surface area (Å²) in [5.74, 6) is 0. The summed E-state index contributed by atoms with van der Waals surface area (Å²) >= 11 is 0. The molecule has 0 aliphatic rings. The lowest BCUT2D eigenvalue weighted by molar-refractivity contribution is 1.65. The third kappa shape index (κ3) is 3.67. The van der Waals surface area contributed by atoms with E-state index < -0.39 is 0 Å². The zero-order valence-electron chi connectivity index (χ0n) is 9.93. The molecule has 0 heterocycles. The highest BCUT2D eigenvalue weighted by Gasteiger charge is 1.91. The van der Waals surface area contributed by atoms with Crippen molar-refractivity contribution in [3.05, 3.63) is 36.4 Å². The van der Waals surface area contributed by atoms with E-state index >= 15 is 0 Å². The van der Waals surface area contributed by atoms with Crippen molar-refractivity contribution in [1.29, 1.82) is 0 Å². The third-order valence-corrected chi connectivity index (χ3v) is 2.22. The molecule has 0 unspecified atom stereocenters. The molecule has 0 atom stereocenters. The first-order valence-corrected chi connectivity index (χ1v) is 5.21. The smallest absolute Gasteiger partial charge is 0.0568 e. The van der Waals surface area contributed by atoms with E-state index in [9.17, 15) is 0 Å². The topological polar surface area (TPSA) is 156 Å². The van der Waals surface area contributed by atoms with Crippen molar-refractivity contribution in [3.63, 3.8) is 0 Å². The Morgan fingerprint density at radius 3 is 1.00 bits per heavy atom. The summed E-state index contributed by atoms with van der Waals surface area (Å²) in [7, 11) is 0. The molecule has 0 aliphatic heterocycles. The number of hydrogen-bond donors (Lipinski definition) is 6. The summed E-state index contributed by atoms with van der Waals surface area (Å²) in [6, 6.07) is 10.1. The Balaban J connectivity index is 0.000000180. The van der Waals surface area contributed by atoms with Gasteiger partial charge in [-0.05, 0) is 36.4 Å². The van der Waals surface area contributed by atoms with Gasteiger partial charge in [0.05, 0.1) is 22.7 Å².